The van der Waals surface area contributed by atoms with Crippen molar-refractivity contribution in [3.8, 4) is 0 Å². The molecule has 128 valence electrons. The molecule has 0 aliphatic heterocycles. The molecule has 0 radical (unpaired) electrons. The number of nitrogens with zero attached hydrogens (tertiary/aromatic N) is 1. The third kappa shape index (κ3) is 6.68. The van der Waals surface area contributed by atoms with Gasteiger partial charge in [0.2, 0.25) is 5.91 Å². The third-order valence-corrected chi connectivity index (χ3v) is 2.87. The number of carbonyl (C=O) groups excluding carboxylic acids is 1. The molecule has 0 saturated heterocycles. The van der Waals surface area contributed by atoms with E-state index in [1.165, 1.54) is 12.1 Å². The van der Waals surface area contributed by atoms with Gasteiger partial charge in [-0.25, -0.2) is 0 Å². The van der Waals surface area contributed by atoms with Gasteiger partial charge in [-0.05, 0) is 31.5 Å². The summed E-state index contributed by atoms with van der Waals surface area (Å²) in [6, 6.07) is 4.22. The molecule has 1 aromatic carbocycles. The van der Waals surface area contributed by atoms with Crippen molar-refractivity contribution in [2.45, 2.75) is 32.7 Å². The molecule has 5 nitrogen and oxygen atoms in total. The van der Waals surface area contributed by atoms with Gasteiger partial charge in [0.1, 0.15) is 13.2 Å². The summed E-state index contributed by atoms with van der Waals surface area (Å²) in [4.78, 5) is 23.8. The molecule has 0 aliphatic rings. The Balaban J connectivity index is 2.80. The average Bonchev–Trinajstić information content (AvgIpc) is 2.43. The lowest BCUT2D eigenvalue weighted by atomic mass is 10.1. The maximum atomic E-state index is 12.5. The quantitative estimate of drug-likeness (QED) is 0.833. The van der Waals surface area contributed by atoms with Gasteiger partial charge in [0.15, 0.2) is 0 Å². The van der Waals surface area contributed by atoms with Crippen LogP contribution in [0.15, 0.2) is 24.3 Å². The van der Waals surface area contributed by atoms with Crippen molar-refractivity contribution in [1.82, 2.24) is 4.90 Å². The molecule has 0 aliphatic carbocycles. The third-order valence-electron chi connectivity index (χ3n) is 2.87. The zero-order valence-corrected chi connectivity index (χ0v) is 12.8. The Morgan fingerprint density at radius 2 is 1.78 bits per heavy atom. The fraction of sp³-hybridized carbons (Fsp3) is 0.467. The first-order valence-corrected chi connectivity index (χ1v) is 6.87. The van der Waals surface area contributed by atoms with E-state index in [2.05, 4.69) is 0 Å². The van der Waals surface area contributed by atoms with Crippen LogP contribution in [0.25, 0.3) is 0 Å². The summed E-state index contributed by atoms with van der Waals surface area (Å²) in [6.07, 6.45) is -4.64. The smallest absolute Gasteiger partial charge is 0.416 e. The van der Waals surface area contributed by atoms with Crippen molar-refractivity contribution >= 4 is 11.9 Å². The van der Waals surface area contributed by atoms with Crippen LogP contribution in [0.2, 0.25) is 0 Å². The Bertz CT molecular complexity index is 541. The van der Waals surface area contributed by atoms with E-state index >= 15 is 0 Å². The largest absolute Gasteiger partial charge is 0.480 e. The van der Waals surface area contributed by atoms with Gasteiger partial charge in [0.25, 0.3) is 0 Å². The second-order valence-corrected chi connectivity index (χ2v) is 5.20. The van der Waals surface area contributed by atoms with E-state index in [0.29, 0.717) is 5.56 Å². The van der Waals surface area contributed by atoms with Crippen LogP contribution in [0.1, 0.15) is 25.0 Å². The summed E-state index contributed by atoms with van der Waals surface area (Å²) in [7, 11) is 0. The number of alkyl halides is 3. The lowest BCUT2D eigenvalue weighted by molar-refractivity contribution is -0.147. The molecule has 0 spiro atoms. The van der Waals surface area contributed by atoms with E-state index in [4.69, 9.17) is 9.84 Å². The van der Waals surface area contributed by atoms with Crippen LogP contribution in [-0.2, 0) is 27.0 Å². The number of carboxylic acid groups (broad SMARTS) is 1. The monoisotopic (exact) mass is 333 g/mol. The highest BCUT2D eigenvalue weighted by Crippen LogP contribution is 2.29. The number of amides is 1. The van der Waals surface area contributed by atoms with Crippen LogP contribution >= 0.6 is 0 Å². The minimum absolute atomic E-state index is 0.106. The fourth-order valence-electron chi connectivity index (χ4n) is 1.74. The van der Waals surface area contributed by atoms with Crippen molar-refractivity contribution in [2.75, 3.05) is 13.2 Å². The van der Waals surface area contributed by atoms with E-state index in [1.807, 2.05) is 0 Å². The molecule has 0 unspecified atom stereocenters. The van der Waals surface area contributed by atoms with Gasteiger partial charge >= 0.3 is 12.1 Å². The first-order chi connectivity index (χ1) is 10.6. The summed E-state index contributed by atoms with van der Waals surface area (Å²) in [6.45, 7) is 2.51. The summed E-state index contributed by atoms with van der Waals surface area (Å²) in [5.41, 5.74) is -0.405. The molecular weight excluding hydrogens is 315 g/mol. The van der Waals surface area contributed by atoms with E-state index in [1.54, 1.807) is 13.8 Å². The molecule has 0 bridgehead atoms. The van der Waals surface area contributed by atoms with E-state index in [-0.39, 0.29) is 19.3 Å². The van der Waals surface area contributed by atoms with Crippen LogP contribution in [0.5, 0.6) is 0 Å². The van der Waals surface area contributed by atoms with Crippen LogP contribution in [-0.4, -0.2) is 41.1 Å². The number of carbonyl (C=O) groups is 2. The number of hydrogen-bond acceptors (Lipinski definition) is 3. The molecule has 1 amide bonds. The standard InChI is InChI=1S/C15H18F3NO4/c1-10(2)23-9-13(20)19(8-14(21)22)7-11-3-5-12(6-4-11)15(16,17)18/h3-6,10H,7-9H2,1-2H3,(H,21,22). The molecule has 0 fully saturated rings. The topological polar surface area (TPSA) is 66.8 Å². The van der Waals surface area contributed by atoms with Gasteiger partial charge in [-0.15, -0.1) is 0 Å². The van der Waals surface area contributed by atoms with Gasteiger partial charge < -0.3 is 14.7 Å². The van der Waals surface area contributed by atoms with E-state index in [9.17, 15) is 22.8 Å². The number of hydrogen-bond donors (Lipinski definition) is 1. The molecule has 1 N–H and O–H groups in total. The first kappa shape index (κ1) is 19.0. The first-order valence-electron chi connectivity index (χ1n) is 6.87. The normalized spacial score (nSPS) is 11.6. The van der Waals surface area contributed by atoms with Crippen molar-refractivity contribution < 1.29 is 32.6 Å². The lowest BCUT2D eigenvalue weighted by Crippen LogP contribution is -2.38. The number of carboxylic acids is 1. The van der Waals surface area contributed by atoms with Gasteiger partial charge in [-0.2, -0.15) is 13.2 Å². The molecule has 1 aromatic rings. The highest BCUT2D eigenvalue weighted by Gasteiger charge is 2.30. The highest BCUT2D eigenvalue weighted by atomic mass is 19.4. The van der Waals surface area contributed by atoms with Gasteiger partial charge in [0, 0.05) is 6.54 Å². The SMILES string of the molecule is CC(C)OCC(=O)N(CC(=O)O)Cc1ccc(C(F)(F)F)cc1. The van der Waals surface area contributed by atoms with Crippen molar-refractivity contribution in [3.63, 3.8) is 0 Å². The zero-order valence-electron chi connectivity index (χ0n) is 12.8. The van der Waals surface area contributed by atoms with Gasteiger partial charge in [-0.3, -0.25) is 9.59 Å². The minimum Gasteiger partial charge on any atom is -0.480 e. The molecule has 23 heavy (non-hydrogen) atoms. The Morgan fingerprint density at radius 1 is 1.22 bits per heavy atom. The van der Waals surface area contributed by atoms with E-state index < -0.39 is 30.2 Å². The summed E-state index contributed by atoms with van der Waals surface area (Å²) < 4.78 is 42.6. The minimum atomic E-state index is -4.44. The summed E-state index contributed by atoms with van der Waals surface area (Å²) in [5, 5.41) is 8.86. The molecule has 0 heterocycles. The van der Waals surface area contributed by atoms with Crippen LogP contribution in [0, 0.1) is 0 Å². The zero-order chi connectivity index (χ0) is 17.6. The maximum absolute atomic E-state index is 12.5. The van der Waals surface area contributed by atoms with Crippen molar-refractivity contribution in [3.05, 3.63) is 35.4 Å². The van der Waals surface area contributed by atoms with E-state index in [0.717, 1.165) is 17.0 Å². The fourth-order valence-corrected chi connectivity index (χ4v) is 1.74. The predicted octanol–water partition coefficient (Wildman–Crippen LogP) is 2.54. The Hall–Kier alpha value is -2.09. The Kier molecular flexibility index (Phi) is 6.56. The van der Waals surface area contributed by atoms with Gasteiger partial charge in [-0.1, -0.05) is 12.1 Å². The molecule has 0 saturated carbocycles. The van der Waals surface area contributed by atoms with Gasteiger partial charge in [0.05, 0.1) is 11.7 Å². The number of rotatable bonds is 7. The number of benzene rings is 1. The number of aliphatic carboxylic acids is 1. The molecule has 1 rings (SSSR count). The number of ether oxygens (including phenoxy) is 1. The molecule has 0 aromatic heterocycles. The summed E-state index contributed by atoms with van der Waals surface area (Å²) in [5.74, 6) is -1.75. The predicted molar refractivity (Wildman–Crippen MR) is 75.6 cm³/mol. The second kappa shape index (κ2) is 7.96. The average molecular weight is 333 g/mol. The van der Waals surface area contributed by atoms with Crippen LogP contribution in [0.4, 0.5) is 13.2 Å². The maximum Gasteiger partial charge on any atom is 0.416 e. The Morgan fingerprint density at radius 3 is 2.22 bits per heavy atom. The second-order valence-electron chi connectivity index (χ2n) is 5.20. The van der Waals surface area contributed by atoms with Crippen LogP contribution < -0.4 is 0 Å². The lowest BCUT2D eigenvalue weighted by Gasteiger charge is -2.21. The molecule has 0 atom stereocenters. The number of halogens is 3. The summed E-state index contributed by atoms with van der Waals surface area (Å²) >= 11 is 0. The Labute approximate surface area is 131 Å². The van der Waals surface area contributed by atoms with Crippen molar-refractivity contribution in [2.24, 2.45) is 0 Å². The molecule has 8 heteroatoms. The van der Waals surface area contributed by atoms with Crippen LogP contribution in [0.3, 0.4) is 0 Å². The molecular formula is C15H18F3NO4. The van der Waals surface area contributed by atoms with Crippen molar-refractivity contribution in [1.29, 1.82) is 0 Å². The highest BCUT2D eigenvalue weighted by molar-refractivity contribution is 5.82.